The minimum atomic E-state index is 0.341. The highest BCUT2D eigenvalue weighted by Gasteiger charge is 2.10. The van der Waals surface area contributed by atoms with Gasteiger partial charge >= 0.3 is 0 Å². The zero-order valence-corrected chi connectivity index (χ0v) is 9.28. The van der Waals surface area contributed by atoms with Crippen LogP contribution < -0.4 is 5.73 Å². The Bertz CT molecular complexity index is 435. The Morgan fingerprint density at radius 1 is 1.54 bits per heavy atom. The molecular weight excluding hydrogens is 252 g/mol. The molecule has 0 fully saturated rings. The lowest BCUT2D eigenvalue weighted by Gasteiger charge is -1.87. The molecule has 0 amide bonds. The van der Waals surface area contributed by atoms with Crippen LogP contribution in [0.5, 0.6) is 0 Å². The second-order valence-corrected chi connectivity index (χ2v) is 4.76. The number of thiophene rings is 1. The molecule has 0 aliphatic heterocycles. The molecule has 13 heavy (non-hydrogen) atoms. The van der Waals surface area contributed by atoms with Crippen LogP contribution in [0.4, 0.5) is 5.88 Å². The lowest BCUT2D eigenvalue weighted by molar-refractivity contribution is 0.439. The number of anilines is 1. The highest BCUT2D eigenvalue weighted by Crippen LogP contribution is 2.35. The van der Waals surface area contributed by atoms with E-state index in [2.05, 4.69) is 21.1 Å². The summed E-state index contributed by atoms with van der Waals surface area (Å²) >= 11 is 5.11. The van der Waals surface area contributed by atoms with Crippen molar-refractivity contribution in [3.05, 3.63) is 21.5 Å². The number of aromatic nitrogens is 1. The molecular formula is C8H7BrN2OS. The molecule has 0 saturated heterocycles. The summed E-state index contributed by atoms with van der Waals surface area (Å²) in [4.78, 5) is 2.28. The van der Waals surface area contributed by atoms with Crippen LogP contribution in [0.2, 0.25) is 0 Å². The summed E-state index contributed by atoms with van der Waals surface area (Å²) in [5, 5.41) is 3.84. The van der Waals surface area contributed by atoms with Crippen molar-refractivity contribution >= 4 is 33.2 Å². The molecule has 2 rings (SSSR count). The van der Waals surface area contributed by atoms with E-state index in [9.17, 15) is 0 Å². The largest absolute Gasteiger partial charge is 0.368 e. The van der Waals surface area contributed by atoms with Crippen molar-refractivity contribution in [2.24, 2.45) is 0 Å². The molecule has 2 aromatic rings. The molecule has 0 aliphatic carbocycles. The van der Waals surface area contributed by atoms with Crippen LogP contribution in [0.25, 0.3) is 10.6 Å². The number of nitrogens with zero attached hydrogens (tertiary/aromatic N) is 1. The third-order valence-electron chi connectivity index (χ3n) is 1.57. The van der Waals surface area contributed by atoms with E-state index in [1.54, 1.807) is 17.4 Å². The van der Waals surface area contributed by atoms with Crippen molar-refractivity contribution in [1.82, 2.24) is 5.16 Å². The van der Waals surface area contributed by atoms with Crippen LogP contribution in [-0.2, 0) is 0 Å². The Labute approximate surface area is 87.7 Å². The summed E-state index contributed by atoms with van der Waals surface area (Å²) in [7, 11) is 0. The Balaban J connectivity index is 2.51. The zero-order valence-electron chi connectivity index (χ0n) is 6.87. The van der Waals surface area contributed by atoms with Gasteiger partial charge in [0.25, 0.3) is 0 Å². The van der Waals surface area contributed by atoms with E-state index in [1.807, 2.05) is 13.0 Å². The average Bonchev–Trinajstić information content (AvgIpc) is 2.58. The fraction of sp³-hybridized carbons (Fsp3) is 0.125. The Morgan fingerprint density at radius 2 is 2.31 bits per heavy atom. The molecule has 0 aliphatic rings. The minimum absolute atomic E-state index is 0.341. The van der Waals surface area contributed by atoms with Crippen LogP contribution >= 0.6 is 27.3 Å². The van der Waals surface area contributed by atoms with Gasteiger partial charge in [0.1, 0.15) is 5.69 Å². The van der Waals surface area contributed by atoms with E-state index in [1.165, 1.54) is 4.88 Å². The molecule has 0 atom stereocenters. The predicted molar refractivity (Wildman–Crippen MR) is 56.7 cm³/mol. The molecule has 2 N–H and O–H groups in total. The minimum Gasteiger partial charge on any atom is -0.368 e. The normalized spacial score (nSPS) is 10.6. The van der Waals surface area contributed by atoms with Gasteiger partial charge in [-0.25, -0.2) is 0 Å². The van der Waals surface area contributed by atoms with Gasteiger partial charge in [-0.1, -0.05) is 5.16 Å². The zero-order chi connectivity index (χ0) is 9.42. The van der Waals surface area contributed by atoms with Gasteiger partial charge in [-0.3, -0.25) is 0 Å². The first kappa shape index (κ1) is 8.77. The van der Waals surface area contributed by atoms with Crippen molar-refractivity contribution in [1.29, 1.82) is 0 Å². The number of halogens is 1. The van der Waals surface area contributed by atoms with Gasteiger partial charge < -0.3 is 10.3 Å². The topological polar surface area (TPSA) is 52.0 Å². The summed E-state index contributed by atoms with van der Waals surface area (Å²) in [6.07, 6.45) is 0. The number of aryl methyl sites for hydroxylation is 1. The number of rotatable bonds is 1. The second-order valence-electron chi connectivity index (χ2n) is 2.65. The number of hydrogen-bond acceptors (Lipinski definition) is 4. The van der Waals surface area contributed by atoms with Gasteiger partial charge in [0, 0.05) is 15.4 Å². The highest BCUT2D eigenvalue weighted by molar-refractivity contribution is 9.10. The molecule has 5 heteroatoms. The highest BCUT2D eigenvalue weighted by atomic mass is 79.9. The van der Waals surface area contributed by atoms with Crippen molar-refractivity contribution in [3.63, 3.8) is 0 Å². The van der Waals surface area contributed by atoms with Crippen LogP contribution in [0, 0.1) is 6.92 Å². The summed E-state index contributed by atoms with van der Waals surface area (Å²) in [6, 6.07) is 3.76. The third kappa shape index (κ3) is 1.62. The molecule has 0 spiro atoms. The van der Waals surface area contributed by atoms with Crippen molar-refractivity contribution in [3.8, 4) is 10.6 Å². The number of nitrogen functional groups attached to an aromatic ring is 1. The van der Waals surface area contributed by atoms with Gasteiger partial charge in [-0.05, 0) is 28.9 Å². The fourth-order valence-corrected chi connectivity index (χ4v) is 2.85. The van der Waals surface area contributed by atoms with E-state index >= 15 is 0 Å². The second kappa shape index (κ2) is 3.16. The lowest BCUT2D eigenvalue weighted by Crippen LogP contribution is -1.75. The Morgan fingerprint density at radius 3 is 2.77 bits per heavy atom. The Kier molecular flexibility index (Phi) is 2.13. The summed E-state index contributed by atoms with van der Waals surface area (Å²) in [5.41, 5.74) is 6.21. The smallest absolute Gasteiger partial charge is 0.222 e. The molecule has 2 heterocycles. The third-order valence-corrected chi connectivity index (χ3v) is 3.53. The van der Waals surface area contributed by atoms with E-state index in [0.29, 0.717) is 5.88 Å². The van der Waals surface area contributed by atoms with Gasteiger partial charge in [0.2, 0.25) is 5.88 Å². The lowest BCUT2D eigenvalue weighted by atomic mass is 10.3. The summed E-state index contributed by atoms with van der Waals surface area (Å²) in [5.74, 6) is 0.341. The molecule has 0 bridgehead atoms. The van der Waals surface area contributed by atoms with E-state index in [-0.39, 0.29) is 0 Å². The SMILES string of the molecule is Cc1cc(Br)c(-c2cc(N)on2)s1. The first-order chi connectivity index (χ1) is 6.16. The van der Waals surface area contributed by atoms with Gasteiger partial charge in [0.05, 0.1) is 4.88 Å². The first-order valence-corrected chi connectivity index (χ1v) is 5.26. The van der Waals surface area contributed by atoms with Crippen LogP contribution in [0.1, 0.15) is 4.88 Å². The molecule has 0 aromatic carbocycles. The van der Waals surface area contributed by atoms with Gasteiger partial charge in [-0.15, -0.1) is 11.3 Å². The molecule has 2 aromatic heterocycles. The molecule has 0 radical (unpaired) electrons. The number of hydrogen-bond donors (Lipinski definition) is 1. The summed E-state index contributed by atoms with van der Waals surface area (Å²) < 4.78 is 5.83. The van der Waals surface area contributed by atoms with Crippen molar-refractivity contribution in [2.45, 2.75) is 6.92 Å². The molecule has 0 unspecified atom stereocenters. The fourth-order valence-electron chi connectivity index (χ4n) is 1.05. The van der Waals surface area contributed by atoms with Crippen LogP contribution in [-0.4, -0.2) is 5.16 Å². The van der Waals surface area contributed by atoms with Gasteiger partial charge in [-0.2, -0.15) is 0 Å². The van der Waals surface area contributed by atoms with Crippen molar-refractivity contribution < 1.29 is 4.52 Å². The summed E-state index contributed by atoms with van der Waals surface area (Å²) in [6.45, 7) is 2.04. The van der Waals surface area contributed by atoms with Gasteiger partial charge in [0.15, 0.2) is 0 Å². The van der Waals surface area contributed by atoms with E-state index < -0.39 is 0 Å². The first-order valence-electron chi connectivity index (χ1n) is 3.65. The maximum Gasteiger partial charge on any atom is 0.222 e. The van der Waals surface area contributed by atoms with Crippen LogP contribution in [0.15, 0.2) is 21.1 Å². The maximum absolute atomic E-state index is 5.43. The molecule has 0 saturated carbocycles. The predicted octanol–water partition coefficient (Wildman–Crippen LogP) is 3.06. The Hall–Kier alpha value is -0.810. The van der Waals surface area contributed by atoms with Crippen molar-refractivity contribution in [2.75, 3.05) is 5.73 Å². The molecule has 68 valence electrons. The average molecular weight is 259 g/mol. The van der Waals surface area contributed by atoms with E-state index in [0.717, 1.165) is 15.0 Å². The van der Waals surface area contributed by atoms with E-state index in [4.69, 9.17) is 10.3 Å². The monoisotopic (exact) mass is 258 g/mol. The quantitative estimate of drug-likeness (QED) is 0.856. The number of nitrogens with two attached hydrogens (primary N) is 1. The molecule has 3 nitrogen and oxygen atoms in total. The van der Waals surface area contributed by atoms with Crippen LogP contribution in [0.3, 0.4) is 0 Å². The maximum atomic E-state index is 5.43. The standard InChI is InChI=1S/C8H7BrN2OS/c1-4-2-5(9)8(13-4)6-3-7(10)12-11-6/h2-3H,10H2,1H3.